The summed E-state index contributed by atoms with van der Waals surface area (Å²) in [5.41, 5.74) is 3.48. The maximum atomic E-state index is 11.7. The third-order valence-electron chi connectivity index (χ3n) is 3.14. The second kappa shape index (κ2) is 5.05. The van der Waals surface area contributed by atoms with E-state index >= 15 is 0 Å². The maximum absolute atomic E-state index is 11.7. The molecule has 4 nitrogen and oxygen atoms in total. The number of aromatic amines is 1. The minimum atomic E-state index is -0.555. The van der Waals surface area contributed by atoms with Crippen molar-refractivity contribution in [2.75, 3.05) is 0 Å². The Balaban J connectivity index is 2.51. The van der Waals surface area contributed by atoms with Crippen LogP contribution in [-0.2, 0) is 6.54 Å². The highest BCUT2D eigenvalue weighted by Crippen LogP contribution is 2.17. The molecule has 0 spiro atoms. The summed E-state index contributed by atoms with van der Waals surface area (Å²) >= 11 is 5.75. The minimum Gasteiger partial charge on any atom is -0.295 e. The lowest BCUT2D eigenvalue weighted by molar-refractivity contribution is 0.714. The predicted molar refractivity (Wildman–Crippen MR) is 76.1 cm³/mol. The zero-order valence-corrected chi connectivity index (χ0v) is 11.8. The summed E-state index contributed by atoms with van der Waals surface area (Å²) in [5, 5.41) is 0.0158. The number of hydrogen-bond donors (Lipinski definition) is 1. The molecule has 0 atom stereocenters. The molecule has 0 saturated carbocycles. The largest absolute Gasteiger partial charge is 0.328 e. The Morgan fingerprint density at radius 3 is 2.32 bits per heavy atom. The van der Waals surface area contributed by atoms with Gasteiger partial charge in [0.15, 0.2) is 0 Å². The number of H-pyrrole nitrogens is 1. The van der Waals surface area contributed by atoms with Crippen molar-refractivity contribution in [3.05, 3.63) is 66.4 Å². The fourth-order valence-electron chi connectivity index (χ4n) is 2.23. The molecular formula is C14H15ClN2O2. The van der Waals surface area contributed by atoms with Gasteiger partial charge in [-0.2, -0.15) is 0 Å². The summed E-state index contributed by atoms with van der Waals surface area (Å²) in [6.45, 7) is 6.45. The van der Waals surface area contributed by atoms with Gasteiger partial charge in [-0.25, -0.2) is 4.79 Å². The first-order valence-corrected chi connectivity index (χ1v) is 6.32. The zero-order chi connectivity index (χ0) is 14.2. The first kappa shape index (κ1) is 13.6. The normalized spacial score (nSPS) is 10.7. The minimum absolute atomic E-state index is 0.0158. The van der Waals surface area contributed by atoms with Crippen LogP contribution in [0.1, 0.15) is 22.3 Å². The number of aryl methyl sites for hydroxylation is 3. The average Bonchev–Trinajstić information content (AvgIpc) is 2.29. The lowest BCUT2D eigenvalue weighted by Crippen LogP contribution is -2.30. The summed E-state index contributed by atoms with van der Waals surface area (Å²) in [4.78, 5) is 25.2. The summed E-state index contributed by atoms with van der Waals surface area (Å²) in [6.07, 6.45) is 1.38. The molecule has 0 fully saturated rings. The van der Waals surface area contributed by atoms with Gasteiger partial charge >= 0.3 is 5.69 Å². The topological polar surface area (TPSA) is 54.9 Å². The molecule has 0 aliphatic heterocycles. The monoisotopic (exact) mass is 278 g/mol. The molecule has 1 N–H and O–H groups in total. The second-order valence-corrected chi connectivity index (χ2v) is 5.15. The molecule has 0 bridgehead atoms. The average molecular weight is 279 g/mol. The van der Waals surface area contributed by atoms with Crippen LogP contribution in [0.5, 0.6) is 0 Å². The SMILES string of the molecule is Cc1cc(C)c(Cn2cc(Cl)c(=O)[nH]c2=O)c(C)c1. The van der Waals surface area contributed by atoms with Crippen LogP contribution in [0.2, 0.25) is 5.02 Å². The molecule has 5 heteroatoms. The Hall–Kier alpha value is -1.81. The fourth-order valence-corrected chi connectivity index (χ4v) is 2.39. The lowest BCUT2D eigenvalue weighted by atomic mass is 10.00. The molecule has 0 unspecified atom stereocenters. The second-order valence-electron chi connectivity index (χ2n) is 4.74. The molecule has 19 heavy (non-hydrogen) atoms. The summed E-state index contributed by atoms with van der Waals surface area (Å²) in [6, 6.07) is 4.14. The van der Waals surface area contributed by atoms with Crippen molar-refractivity contribution in [2.24, 2.45) is 0 Å². The van der Waals surface area contributed by atoms with Crippen LogP contribution in [0.15, 0.2) is 27.9 Å². The van der Waals surface area contributed by atoms with Crippen molar-refractivity contribution in [2.45, 2.75) is 27.3 Å². The summed E-state index contributed by atoms with van der Waals surface area (Å²) in [5.74, 6) is 0. The van der Waals surface area contributed by atoms with Crippen LogP contribution < -0.4 is 11.2 Å². The van der Waals surface area contributed by atoms with E-state index in [1.54, 1.807) is 0 Å². The Morgan fingerprint density at radius 1 is 1.16 bits per heavy atom. The standard InChI is InChI=1S/C14H15ClN2O2/c1-8-4-9(2)11(10(3)5-8)6-17-7-12(15)13(18)16-14(17)19/h4-5,7H,6H2,1-3H3,(H,16,18,19). The van der Waals surface area contributed by atoms with Crippen molar-refractivity contribution in [1.82, 2.24) is 9.55 Å². The van der Waals surface area contributed by atoms with Gasteiger partial charge in [0, 0.05) is 6.20 Å². The van der Waals surface area contributed by atoms with Crippen molar-refractivity contribution in [3.8, 4) is 0 Å². The molecule has 0 amide bonds. The molecule has 0 aliphatic carbocycles. The smallest absolute Gasteiger partial charge is 0.295 e. The number of nitrogens with zero attached hydrogens (tertiary/aromatic N) is 1. The van der Waals surface area contributed by atoms with E-state index in [1.807, 2.05) is 20.8 Å². The molecular weight excluding hydrogens is 264 g/mol. The van der Waals surface area contributed by atoms with E-state index in [0.717, 1.165) is 16.7 Å². The highest BCUT2D eigenvalue weighted by molar-refractivity contribution is 6.30. The maximum Gasteiger partial charge on any atom is 0.328 e. The van der Waals surface area contributed by atoms with Gasteiger partial charge in [0.2, 0.25) is 0 Å². The Labute approximate surface area is 115 Å². The van der Waals surface area contributed by atoms with Crippen molar-refractivity contribution >= 4 is 11.6 Å². The number of hydrogen-bond acceptors (Lipinski definition) is 2. The van der Waals surface area contributed by atoms with E-state index < -0.39 is 11.2 Å². The third-order valence-corrected chi connectivity index (χ3v) is 3.41. The van der Waals surface area contributed by atoms with Gasteiger partial charge in [-0.1, -0.05) is 29.3 Å². The number of aromatic nitrogens is 2. The van der Waals surface area contributed by atoms with Gasteiger partial charge in [0.05, 0.1) is 6.54 Å². The van der Waals surface area contributed by atoms with E-state index in [0.29, 0.717) is 6.54 Å². The third kappa shape index (κ3) is 2.79. The molecule has 100 valence electrons. The zero-order valence-electron chi connectivity index (χ0n) is 11.1. The molecule has 0 radical (unpaired) electrons. The Morgan fingerprint density at radius 2 is 1.74 bits per heavy atom. The van der Waals surface area contributed by atoms with Gasteiger partial charge in [-0.05, 0) is 37.5 Å². The summed E-state index contributed by atoms with van der Waals surface area (Å²) in [7, 11) is 0. The van der Waals surface area contributed by atoms with Crippen LogP contribution in [0.25, 0.3) is 0 Å². The molecule has 0 aliphatic rings. The highest BCUT2D eigenvalue weighted by Gasteiger charge is 2.08. The quantitative estimate of drug-likeness (QED) is 0.915. The van der Waals surface area contributed by atoms with Gasteiger partial charge < -0.3 is 0 Å². The molecule has 1 heterocycles. The number of halogens is 1. The predicted octanol–water partition coefficient (Wildman–Crippen LogP) is 2.16. The number of nitrogens with one attached hydrogen (secondary N) is 1. The van der Waals surface area contributed by atoms with Gasteiger partial charge in [-0.15, -0.1) is 0 Å². The molecule has 2 rings (SSSR count). The van der Waals surface area contributed by atoms with Gasteiger partial charge in [0.1, 0.15) is 5.02 Å². The van der Waals surface area contributed by atoms with Crippen LogP contribution in [-0.4, -0.2) is 9.55 Å². The molecule has 1 aromatic carbocycles. The van der Waals surface area contributed by atoms with Crippen molar-refractivity contribution in [1.29, 1.82) is 0 Å². The van der Waals surface area contributed by atoms with Crippen LogP contribution >= 0.6 is 11.6 Å². The van der Waals surface area contributed by atoms with Crippen molar-refractivity contribution in [3.63, 3.8) is 0 Å². The number of benzene rings is 1. The van der Waals surface area contributed by atoms with Crippen LogP contribution in [0.3, 0.4) is 0 Å². The van der Waals surface area contributed by atoms with E-state index in [-0.39, 0.29) is 5.02 Å². The van der Waals surface area contributed by atoms with E-state index in [1.165, 1.54) is 16.3 Å². The van der Waals surface area contributed by atoms with Crippen LogP contribution in [0.4, 0.5) is 0 Å². The molecule has 1 aromatic heterocycles. The Bertz CT molecular complexity index is 721. The van der Waals surface area contributed by atoms with Crippen molar-refractivity contribution < 1.29 is 0 Å². The first-order valence-electron chi connectivity index (χ1n) is 5.94. The first-order chi connectivity index (χ1) is 8.88. The van der Waals surface area contributed by atoms with E-state index in [9.17, 15) is 9.59 Å². The van der Waals surface area contributed by atoms with Crippen LogP contribution in [0, 0.1) is 20.8 Å². The highest BCUT2D eigenvalue weighted by atomic mass is 35.5. The Kier molecular flexibility index (Phi) is 3.62. The van der Waals surface area contributed by atoms with Gasteiger partial charge in [0.25, 0.3) is 5.56 Å². The molecule has 0 saturated heterocycles. The van der Waals surface area contributed by atoms with E-state index in [4.69, 9.17) is 11.6 Å². The number of rotatable bonds is 2. The van der Waals surface area contributed by atoms with E-state index in [2.05, 4.69) is 17.1 Å². The lowest BCUT2D eigenvalue weighted by Gasteiger charge is -2.12. The summed E-state index contributed by atoms with van der Waals surface area (Å²) < 4.78 is 1.41. The van der Waals surface area contributed by atoms with Gasteiger partial charge in [-0.3, -0.25) is 14.3 Å². The molecule has 2 aromatic rings. The fraction of sp³-hybridized carbons (Fsp3) is 0.286.